The summed E-state index contributed by atoms with van der Waals surface area (Å²) in [5.41, 5.74) is 17.6. The molecule has 0 N–H and O–H groups in total. The number of allylic oxidation sites excluding steroid dienone is 3. The average Bonchev–Trinajstić information content (AvgIpc) is 3.37. The van der Waals surface area contributed by atoms with Gasteiger partial charge in [-0.05, 0) is 130 Å². The summed E-state index contributed by atoms with van der Waals surface area (Å²) in [6, 6.07) is 86.8. The second-order valence-electron chi connectivity index (χ2n) is 15.8. The van der Waals surface area contributed by atoms with Crippen molar-refractivity contribution in [3.05, 3.63) is 272 Å². The third-order valence-corrected chi connectivity index (χ3v) is 11.7. The van der Waals surface area contributed by atoms with Gasteiger partial charge in [0.15, 0.2) is 0 Å². The zero-order valence-electron chi connectivity index (χ0n) is 35.8. The molecule has 0 aliphatic rings. The standard InChI is InChI=1S/C61H50N2/c1-3-56(39-24-46(2)47-16-8-4-9-17-47)62(57-20-12-6-13-21-57)59-40-35-54(36-41-59)51-29-25-49(26-30-51)50-27-31-52(32-28-50)55-37-44-61(45-38-55)63(58-22-14-7-15-23-58)60-42-33-53(34-43-60)48-18-10-5-11-19-48/h3-46H,1-2H3/b39-24-,56-3+. The largest absolute Gasteiger partial charge is 0.311 e. The van der Waals surface area contributed by atoms with E-state index >= 15 is 0 Å². The van der Waals surface area contributed by atoms with E-state index in [-0.39, 0.29) is 0 Å². The Morgan fingerprint density at radius 1 is 0.333 bits per heavy atom. The minimum atomic E-state index is 0.299. The summed E-state index contributed by atoms with van der Waals surface area (Å²) >= 11 is 0. The lowest BCUT2D eigenvalue weighted by molar-refractivity contribution is 0.964. The lowest BCUT2D eigenvalue weighted by Crippen LogP contribution is -2.15. The molecule has 9 aromatic carbocycles. The summed E-state index contributed by atoms with van der Waals surface area (Å²) in [5, 5.41) is 0. The van der Waals surface area contributed by atoms with Gasteiger partial charge in [0.25, 0.3) is 0 Å². The molecule has 0 saturated carbocycles. The van der Waals surface area contributed by atoms with Gasteiger partial charge in [-0.3, -0.25) is 0 Å². The number of anilines is 5. The molecule has 304 valence electrons. The normalized spacial score (nSPS) is 11.9. The first kappa shape index (κ1) is 40.5. The van der Waals surface area contributed by atoms with Crippen molar-refractivity contribution in [2.75, 3.05) is 9.80 Å². The zero-order valence-corrected chi connectivity index (χ0v) is 35.8. The van der Waals surface area contributed by atoms with Crippen LogP contribution in [0.4, 0.5) is 28.4 Å². The van der Waals surface area contributed by atoms with Gasteiger partial charge in [-0.25, -0.2) is 0 Å². The van der Waals surface area contributed by atoms with Crippen LogP contribution >= 0.6 is 0 Å². The van der Waals surface area contributed by atoms with Crippen molar-refractivity contribution in [1.29, 1.82) is 0 Å². The predicted molar refractivity (Wildman–Crippen MR) is 269 cm³/mol. The van der Waals surface area contributed by atoms with Crippen molar-refractivity contribution < 1.29 is 0 Å². The molecule has 0 aliphatic carbocycles. The maximum atomic E-state index is 2.32. The Balaban J connectivity index is 0.897. The van der Waals surface area contributed by atoms with Crippen LogP contribution in [0.25, 0.3) is 44.5 Å². The van der Waals surface area contributed by atoms with Crippen molar-refractivity contribution in [1.82, 2.24) is 0 Å². The molecule has 0 spiro atoms. The van der Waals surface area contributed by atoms with Gasteiger partial charge in [0.1, 0.15) is 0 Å². The van der Waals surface area contributed by atoms with E-state index in [2.05, 4.69) is 285 Å². The van der Waals surface area contributed by atoms with E-state index in [0.717, 1.165) is 34.1 Å². The van der Waals surface area contributed by atoms with E-state index in [1.165, 1.54) is 50.1 Å². The number of hydrogen-bond donors (Lipinski definition) is 0. The van der Waals surface area contributed by atoms with E-state index in [1.54, 1.807) is 0 Å². The molecule has 1 atom stereocenters. The lowest BCUT2D eigenvalue weighted by atomic mass is 9.97. The first-order valence-electron chi connectivity index (χ1n) is 21.8. The number of rotatable bonds is 13. The molecule has 0 aliphatic heterocycles. The van der Waals surface area contributed by atoms with Crippen LogP contribution in [0, 0.1) is 0 Å². The first-order valence-corrected chi connectivity index (χ1v) is 21.8. The lowest BCUT2D eigenvalue weighted by Gasteiger charge is -2.27. The molecule has 0 saturated heterocycles. The van der Waals surface area contributed by atoms with Crippen molar-refractivity contribution in [2.24, 2.45) is 0 Å². The summed E-state index contributed by atoms with van der Waals surface area (Å²) in [5.74, 6) is 0.299. The molecule has 1 unspecified atom stereocenters. The minimum Gasteiger partial charge on any atom is -0.311 e. The highest BCUT2D eigenvalue weighted by Gasteiger charge is 2.15. The van der Waals surface area contributed by atoms with E-state index in [0.29, 0.717) is 5.92 Å². The van der Waals surface area contributed by atoms with Gasteiger partial charge in [-0.1, -0.05) is 201 Å². The van der Waals surface area contributed by atoms with Gasteiger partial charge in [-0.15, -0.1) is 0 Å². The van der Waals surface area contributed by atoms with Crippen LogP contribution in [0.15, 0.2) is 267 Å². The Labute approximate surface area is 373 Å². The predicted octanol–water partition coefficient (Wildman–Crippen LogP) is 17.2. The smallest absolute Gasteiger partial charge is 0.0462 e. The molecular weight excluding hydrogens is 761 g/mol. The average molecular weight is 811 g/mol. The summed E-state index contributed by atoms with van der Waals surface area (Å²) in [4.78, 5) is 4.64. The number of nitrogens with zero attached hydrogens (tertiary/aromatic N) is 2. The van der Waals surface area contributed by atoms with Gasteiger partial charge in [0.05, 0.1) is 0 Å². The maximum absolute atomic E-state index is 2.32. The van der Waals surface area contributed by atoms with Crippen LogP contribution in [-0.2, 0) is 0 Å². The Morgan fingerprint density at radius 3 is 1.02 bits per heavy atom. The maximum Gasteiger partial charge on any atom is 0.0462 e. The molecule has 0 aromatic heterocycles. The molecule has 2 heteroatoms. The molecule has 0 fully saturated rings. The summed E-state index contributed by atoms with van der Waals surface area (Å²) < 4.78 is 0. The van der Waals surface area contributed by atoms with Gasteiger partial charge in [0.2, 0.25) is 0 Å². The summed E-state index contributed by atoms with van der Waals surface area (Å²) in [7, 11) is 0. The third-order valence-electron chi connectivity index (χ3n) is 11.7. The van der Waals surface area contributed by atoms with Crippen LogP contribution in [0.2, 0.25) is 0 Å². The highest BCUT2D eigenvalue weighted by Crippen LogP contribution is 2.38. The van der Waals surface area contributed by atoms with Crippen LogP contribution in [0.5, 0.6) is 0 Å². The highest BCUT2D eigenvalue weighted by molar-refractivity contribution is 5.81. The van der Waals surface area contributed by atoms with Gasteiger partial charge >= 0.3 is 0 Å². The van der Waals surface area contributed by atoms with Crippen molar-refractivity contribution in [3.8, 4) is 44.5 Å². The minimum absolute atomic E-state index is 0.299. The highest BCUT2D eigenvalue weighted by atomic mass is 15.1. The van der Waals surface area contributed by atoms with Crippen LogP contribution < -0.4 is 9.80 Å². The fourth-order valence-corrected chi connectivity index (χ4v) is 8.21. The fraction of sp³-hybridized carbons (Fsp3) is 0.0492. The molecule has 0 amide bonds. The Kier molecular flexibility index (Phi) is 12.3. The third kappa shape index (κ3) is 9.37. The van der Waals surface area contributed by atoms with Gasteiger partial charge in [0, 0.05) is 34.1 Å². The second kappa shape index (κ2) is 19.2. The zero-order chi connectivity index (χ0) is 42.8. The molecule has 9 rings (SSSR count). The Bertz CT molecular complexity index is 2880. The summed E-state index contributed by atoms with van der Waals surface area (Å²) in [6.45, 7) is 4.35. The Hall–Kier alpha value is -7.94. The topological polar surface area (TPSA) is 6.48 Å². The quantitative estimate of drug-likeness (QED) is 0.107. The Morgan fingerprint density at radius 2 is 0.619 bits per heavy atom. The van der Waals surface area contributed by atoms with E-state index < -0.39 is 0 Å². The molecular formula is C61H50N2. The van der Waals surface area contributed by atoms with Crippen molar-refractivity contribution in [2.45, 2.75) is 19.8 Å². The second-order valence-corrected chi connectivity index (χ2v) is 15.8. The van der Waals surface area contributed by atoms with Crippen LogP contribution in [0.1, 0.15) is 25.3 Å². The number of para-hydroxylation sites is 2. The van der Waals surface area contributed by atoms with Gasteiger partial charge in [-0.2, -0.15) is 0 Å². The molecule has 0 bridgehead atoms. The van der Waals surface area contributed by atoms with E-state index in [4.69, 9.17) is 0 Å². The van der Waals surface area contributed by atoms with E-state index in [9.17, 15) is 0 Å². The number of hydrogen-bond acceptors (Lipinski definition) is 2. The molecule has 9 aromatic rings. The first-order chi connectivity index (χ1) is 31.1. The van der Waals surface area contributed by atoms with Crippen LogP contribution in [0.3, 0.4) is 0 Å². The molecule has 63 heavy (non-hydrogen) atoms. The number of benzene rings is 9. The van der Waals surface area contributed by atoms with Crippen LogP contribution in [-0.4, -0.2) is 0 Å². The molecule has 2 nitrogen and oxygen atoms in total. The monoisotopic (exact) mass is 810 g/mol. The van der Waals surface area contributed by atoms with Crippen molar-refractivity contribution >= 4 is 28.4 Å². The van der Waals surface area contributed by atoms with E-state index in [1.807, 2.05) is 0 Å². The molecule has 0 radical (unpaired) electrons. The fourth-order valence-electron chi connectivity index (χ4n) is 8.21. The van der Waals surface area contributed by atoms with Crippen molar-refractivity contribution in [3.63, 3.8) is 0 Å². The van der Waals surface area contributed by atoms with Gasteiger partial charge < -0.3 is 9.80 Å². The SMILES string of the molecule is C/C=C(\C=C/C(C)c1ccccc1)N(c1ccccc1)c1ccc(-c2ccc(-c3ccc(-c4ccc(N(c5ccccc5)c5ccc(-c6ccccc6)cc5)cc4)cc3)cc2)cc1. The summed E-state index contributed by atoms with van der Waals surface area (Å²) in [6.07, 6.45) is 6.71. The molecule has 0 heterocycles.